The Balaban J connectivity index is 2.17. The molecule has 0 aliphatic heterocycles. The first-order chi connectivity index (χ1) is 9.11. The largest absolute Gasteiger partial charge is 0.492 e. The highest BCUT2D eigenvalue weighted by Gasteiger charge is 2.21. The van der Waals surface area contributed by atoms with Crippen molar-refractivity contribution >= 4 is 15.9 Å². The molecule has 0 aromatic heterocycles. The van der Waals surface area contributed by atoms with Gasteiger partial charge in [-0.05, 0) is 77.7 Å². The Bertz CT molecular complexity index is 429. The van der Waals surface area contributed by atoms with Crippen molar-refractivity contribution < 1.29 is 4.74 Å². The molecule has 1 atom stereocenters. The number of rotatable bonds is 6. The minimum Gasteiger partial charge on any atom is -0.492 e. The van der Waals surface area contributed by atoms with Crippen LogP contribution in [0.3, 0.4) is 0 Å². The van der Waals surface area contributed by atoms with Crippen LogP contribution in [0.1, 0.15) is 49.7 Å². The van der Waals surface area contributed by atoms with E-state index in [1.54, 1.807) is 0 Å². The number of nitrogens with two attached hydrogens (primary N) is 1. The lowest BCUT2D eigenvalue weighted by Crippen LogP contribution is -2.20. The van der Waals surface area contributed by atoms with Gasteiger partial charge in [0.05, 0.1) is 11.1 Å². The maximum absolute atomic E-state index is 6.11. The van der Waals surface area contributed by atoms with Gasteiger partial charge in [0.2, 0.25) is 0 Å². The van der Waals surface area contributed by atoms with E-state index in [1.807, 2.05) is 0 Å². The molecule has 0 spiro atoms. The van der Waals surface area contributed by atoms with Gasteiger partial charge in [0.15, 0.2) is 0 Å². The molecule has 0 heterocycles. The highest BCUT2D eigenvalue weighted by molar-refractivity contribution is 9.10. The van der Waals surface area contributed by atoms with Crippen LogP contribution in [0, 0.1) is 12.8 Å². The normalized spacial score (nSPS) is 17.1. The van der Waals surface area contributed by atoms with Gasteiger partial charge >= 0.3 is 0 Å². The van der Waals surface area contributed by atoms with E-state index in [4.69, 9.17) is 10.5 Å². The summed E-state index contributed by atoms with van der Waals surface area (Å²) in [6, 6.07) is 4.37. The van der Waals surface area contributed by atoms with E-state index in [2.05, 4.69) is 41.9 Å². The molecule has 0 radical (unpaired) electrons. The quantitative estimate of drug-likeness (QED) is 0.841. The molecular weight excluding hydrogens is 302 g/mol. The molecule has 0 amide bonds. The molecule has 0 bridgehead atoms. The summed E-state index contributed by atoms with van der Waals surface area (Å²) < 4.78 is 7.18. The minimum atomic E-state index is 0.442. The Labute approximate surface area is 124 Å². The van der Waals surface area contributed by atoms with E-state index in [0.717, 1.165) is 35.7 Å². The fourth-order valence-corrected chi connectivity index (χ4v) is 3.24. The monoisotopic (exact) mass is 325 g/mol. The van der Waals surface area contributed by atoms with Gasteiger partial charge in [0.25, 0.3) is 0 Å². The zero-order valence-corrected chi connectivity index (χ0v) is 13.5. The van der Waals surface area contributed by atoms with E-state index in [0.29, 0.717) is 5.92 Å². The third-order valence-corrected chi connectivity index (χ3v) is 4.62. The van der Waals surface area contributed by atoms with Crippen molar-refractivity contribution in [3.63, 3.8) is 0 Å². The third kappa shape index (κ3) is 3.73. The Kier molecular flexibility index (Phi) is 5.28. The molecular formula is C16H24BrNO. The zero-order chi connectivity index (χ0) is 13.8. The maximum Gasteiger partial charge on any atom is 0.136 e. The number of aryl methyl sites for hydroxylation is 1. The Hall–Kier alpha value is -0.540. The average molecular weight is 326 g/mol. The second kappa shape index (κ2) is 6.76. The number of benzene rings is 1. The average Bonchev–Trinajstić information content (AvgIpc) is 2.29. The van der Waals surface area contributed by atoms with Crippen molar-refractivity contribution in [2.45, 2.75) is 45.4 Å². The summed E-state index contributed by atoms with van der Waals surface area (Å²) >= 11 is 3.65. The van der Waals surface area contributed by atoms with Crippen LogP contribution in [0.4, 0.5) is 0 Å². The Morgan fingerprint density at radius 2 is 2.16 bits per heavy atom. The topological polar surface area (TPSA) is 35.2 Å². The van der Waals surface area contributed by atoms with Crippen LogP contribution in [-0.2, 0) is 0 Å². The van der Waals surface area contributed by atoms with Crippen molar-refractivity contribution in [3.05, 3.63) is 27.7 Å². The van der Waals surface area contributed by atoms with E-state index in [-0.39, 0.29) is 0 Å². The summed E-state index contributed by atoms with van der Waals surface area (Å²) in [6.45, 7) is 5.92. The van der Waals surface area contributed by atoms with Crippen LogP contribution in [0.15, 0.2) is 16.6 Å². The van der Waals surface area contributed by atoms with Crippen LogP contribution < -0.4 is 10.5 Å². The van der Waals surface area contributed by atoms with Crippen LogP contribution in [0.2, 0.25) is 0 Å². The predicted molar refractivity (Wildman–Crippen MR) is 83.8 cm³/mol. The Morgan fingerprint density at radius 3 is 2.74 bits per heavy atom. The first kappa shape index (κ1) is 14.9. The number of hydrogen-bond donors (Lipinski definition) is 1. The molecule has 1 unspecified atom stereocenters. The van der Waals surface area contributed by atoms with Crippen LogP contribution >= 0.6 is 15.9 Å². The molecule has 19 heavy (non-hydrogen) atoms. The first-order valence-corrected chi connectivity index (χ1v) is 8.04. The number of halogens is 1. The fraction of sp³-hybridized carbons (Fsp3) is 0.625. The molecule has 2 nitrogen and oxygen atoms in total. The van der Waals surface area contributed by atoms with Crippen molar-refractivity contribution in [2.24, 2.45) is 11.7 Å². The van der Waals surface area contributed by atoms with Crippen molar-refractivity contribution in [3.8, 4) is 5.75 Å². The summed E-state index contributed by atoms with van der Waals surface area (Å²) in [4.78, 5) is 0. The molecule has 3 heteroatoms. The van der Waals surface area contributed by atoms with Gasteiger partial charge in [-0.25, -0.2) is 0 Å². The molecule has 1 aromatic carbocycles. The van der Waals surface area contributed by atoms with Crippen molar-refractivity contribution in [2.75, 3.05) is 13.2 Å². The molecule has 1 aromatic rings. The number of ether oxygens (including phenoxy) is 1. The van der Waals surface area contributed by atoms with E-state index < -0.39 is 0 Å². The highest BCUT2D eigenvalue weighted by Crippen LogP contribution is 2.37. The molecule has 2 N–H and O–H groups in total. The minimum absolute atomic E-state index is 0.442. The van der Waals surface area contributed by atoms with E-state index in [9.17, 15) is 0 Å². The zero-order valence-electron chi connectivity index (χ0n) is 11.9. The second-order valence-corrected chi connectivity index (χ2v) is 6.61. The van der Waals surface area contributed by atoms with Gasteiger partial charge in [-0.3, -0.25) is 0 Å². The SMILES string of the molecule is Cc1cc(Br)c(OCC2CCC2)c(C(C)CCN)c1. The van der Waals surface area contributed by atoms with Gasteiger partial charge in [0.1, 0.15) is 5.75 Å². The molecule has 1 saturated carbocycles. The molecule has 2 rings (SSSR count). The lowest BCUT2D eigenvalue weighted by molar-refractivity contribution is 0.178. The molecule has 106 valence electrons. The lowest BCUT2D eigenvalue weighted by atomic mass is 9.86. The second-order valence-electron chi connectivity index (χ2n) is 5.75. The summed E-state index contributed by atoms with van der Waals surface area (Å²) in [6.07, 6.45) is 4.99. The van der Waals surface area contributed by atoms with Gasteiger partial charge in [-0.1, -0.05) is 19.4 Å². The van der Waals surface area contributed by atoms with Gasteiger partial charge in [-0.15, -0.1) is 0 Å². The third-order valence-electron chi connectivity index (χ3n) is 4.04. The molecule has 0 saturated heterocycles. The van der Waals surface area contributed by atoms with Crippen LogP contribution in [0.5, 0.6) is 5.75 Å². The standard InChI is InChI=1S/C16H24BrNO/c1-11-8-14(12(2)6-7-18)16(15(17)9-11)19-10-13-4-3-5-13/h8-9,12-13H,3-7,10,18H2,1-2H3. The molecule has 1 aliphatic carbocycles. The fourth-order valence-electron chi connectivity index (χ4n) is 2.54. The molecule has 1 aliphatic rings. The van der Waals surface area contributed by atoms with Gasteiger partial charge in [-0.2, -0.15) is 0 Å². The predicted octanol–water partition coefficient (Wildman–Crippen LogP) is 4.39. The summed E-state index contributed by atoms with van der Waals surface area (Å²) in [7, 11) is 0. The van der Waals surface area contributed by atoms with Crippen LogP contribution in [-0.4, -0.2) is 13.2 Å². The van der Waals surface area contributed by atoms with E-state index >= 15 is 0 Å². The van der Waals surface area contributed by atoms with Crippen molar-refractivity contribution in [1.29, 1.82) is 0 Å². The summed E-state index contributed by atoms with van der Waals surface area (Å²) in [5, 5.41) is 0. The smallest absolute Gasteiger partial charge is 0.136 e. The molecule has 1 fully saturated rings. The highest BCUT2D eigenvalue weighted by atomic mass is 79.9. The lowest BCUT2D eigenvalue weighted by Gasteiger charge is -2.27. The first-order valence-electron chi connectivity index (χ1n) is 7.24. The Morgan fingerprint density at radius 1 is 1.42 bits per heavy atom. The van der Waals surface area contributed by atoms with Crippen LogP contribution in [0.25, 0.3) is 0 Å². The summed E-state index contributed by atoms with van der Waals surface area (Å²) in [5.41, 5.74) is 8.25. The van der Waals surface area contributed by atoms with Gasteiger partial charge < -0.3 is 10.5 Å². The maximum atomic E-state index is 6.11. The summed E-state index contributed by atoms with van der Waals surface area (Å²) in [5.74, 6) is 2.22. The number of hydrogen-bond acceptors (Lipinski definition) is 2. The van der Waals surface area contributed by atoms with E-state index in [1.165, 1.54) is 30.4 Å². The van der Waals surface area contributed by atoms with Crippen molar-refractivity contribution in [1.82, 2.24) is 0 Å². The van der Waals surface area contributed by atoms with Gasteiger partial charge in [0, 0.05) is 0 Å².